The van der Waals surface area contributed by atoms with Crippen LogP contribution in [-0.2, 0) is 39.9 Å². The molecule has 0 heterocycles. The molecule has 6 saturated carbocycles. The molecule has 0 radical (unpaired) electrons. The van der Waals surface area contributed by atoms with Gasteiger partial charge < -0.3 is 25.3 Å². The molecule has 1 aromatic carbocycles. The second-order valence-corrected chi connectivity index (χ2v) is 19.7. The van der Waals surface area contributed by atoms with Gasteiger partial charge in [0.1, 0.15) is 5.78 Å². The summed E-state index contributed by atoms with van der Waals surface area (Å²) in [5.74, 6) is 1.89. The Morgan fingerprint density at radius 1 is 0.552 bits per heavy atom. The Balaban J connectivity index is 0.000000170. The second kappa shape index (κ2) is 22.7. The highest BCUT2D eigenvalue weighted by atomic mass is 16.5. The molecule has 3 spiro atoms. The molecule has 0 atom stereocenters. The average molecular weight is 807 g/mol. The number of nitrogens with one attached hydrogen (secondary N) is 1. The summed E-state index contributed by atoms with van der Waals surface area (Å²) in [7, 11) is 4.44. The van der Waals surface area contributed by atoms with Crippen molar-refractivity contribution in [3.05, 3.63) is 35.9 Å². The van der Waals surface area contributed by atoms with Crippen LogP contribution >= 0.6 is 0 Å². The number of benzene rings is 1. The van der Waals surface area contributed by atoms with Crippen molar-refractivity contribution >= 4 is 23.7 Å². The summed E-state index contributed by atoms with van der Waals surface area (Å²) in [4.78, 5) is 45.2. The number of esters is 3. The molecule has 1 aromatic rings. The summed E-state index contributed by atoms with van der Waals surface area (Å²) in [5.41, 5.74) is 8.92. The van der Waals surface area contributed by atoms with E-state index in [0.29, 0.717) is 71.1 Å². The van der Waals surface area contributed by atoms with Crippen LogP contribution in [0.2, 0.25) is 0 Å². The van der Waals surface area contributed by atoms with E-state index in [0.717, 1.165) is 45.1 Å². The first-order valence-corrected chi connectivity index (χ1v) is 23.2. The van der Waals surface area contributed by atoms with E-state index in [9.17, 15) is 19.2 Å². The minimum absolute atomic E-state index is 0.0372. The van der Waals surface area contributed by atoms with Crippen LogP contribution in [0.15, 0.2) is 30.3 Å². The molecule has 0 bridgehead atoms. The van der Waals surface area contributed by atoms with Gasteiger partial charge in [0.15, 0.2) is 0 Å². The van der Waals surface area contributed by atoms with Gasteiger partial charge in [-0.25, -0.2) is 0 Å². The number of nitrogens with two attached hydrogens (primary N) is 1. The molecule has 0 aliphatic heterocycles. The number of hydrogen-bond donors (Lipinski definition) is 2. The van der Waals surface area contributed by atoms with E-state index in [-0.39, 0.29) is 17.9 Å². The third-order valence-corrected chi connectivity index (χ3v) is 16.0. The highest BCUT2D eigenvalue weighted by Crippen LogP contribution is 2.51. The van der Waals surface area contributed by atoms with E-state index < -0.39 is 0 Å². The van der Waals surface area contributed by atoms with Crippen molar-refractivity contribution in [3.63, 3.8) is 0 Å². The Bertz CT molecular complexity index is 1390. The van der Waals surface area contributed by atoms with Gasteiger partial charge in [-0.3, -0.25) is 19.2 Å². The number of Topliss-reactive ketones (excluding diaryl/α,β-unsaturated/α-hetero) is 1. The first-order chi connectivity index (χ1) is 28.0. The van der Waals surface area contributed by atoms with Crippen molar-refractivity contribution in [1.29, 1.82) is 0 Å². The highest BCUT2D eigenvalue weighted by Gasteiger charge is 2.41. The van der Waals surface area contributed by atoms with Gasteiger partial charge in [-0.2, -0.15) is 0 Å². The van der Waals surface area contributed by atoms with Gasteiger partial charge >= 0.3 is 17.9 Å². The SMILES string of the molecule is COC(=O)CC1CCC2(CC1)CCC(NCc1ccccc1)CC2.COC(=O)CC1CCC2(CCC(=O)CC2)CC1.COC(=O)CC1CCC2(CCC(N)CC2)CC1. The van der Waals surface area contributed by atoms with Crippen molar-refractivity contribution in [2.75, 3.05) is 21.3 Å². The predicted molar refractivity (Wildman–Crippen MR) is 229 cm³/mol. The summed E-state index contributed by atoms with van der Waals surface area (Å²) in [6, 6.07) is 11.8. The summed E-state index contributed by atoms with van der Waals surface area (Å²) >= 11 is 0. The maximum atomic E-state index is 11.4. The molecule has 0 amide bonds. The van der Waals surface area contributed by atoms with E-state index in [1.54, 1.807) is 0 Å². The van der Waals surface area contributed by atoms with Crippen LogP contribution in [0.25, 0.3) is 0 Å². The maximum Gasteiger partial charge on any atom is 0.305 e. The molecule has 326 valence electrons. The lowest BCUT2D eigenvalue weighted by Crippen LogP contribution is -2.39. The van der Waals surface area contributed by atoms with Gasteiger partial charge in [0.2, 0.25) is 0 Å². The van der Waals surface area contributed by atoms with Crippen molar-refractivity contribution in [1.82, 2.24) is 5.32 Å². The van der Waals surface area contributed by atoms with Gasteiger partial charge in [0.25, 0.3) is 0 Å². The quantitative estimate of drug-likeness (QED) is 0.185. The minimum atomic E-state index is -0.0789. The zero-order valence-corrected chi connectivity index (χ0v) is 36.5. The molecule has 0 saturated heterocycles. The fourth-order valence-corrected chi connectivity index (χ4v) is 11.5. The van der Waals surface area contributed by atoms with Crippen LogP contribution in [-0.4, -0.2) is 57.1 Å². The third-order valence-electron chi connectivity index (χ3n) is 16.0. The van der Waals surface area contributed by atoms with Gasteiger partial charge in [0, 0.05) is 50.7 Å². The molecule has 3 N–H and O–H groups in total. The summed E-state index contributed by atoms with van der Waals surface area (Å²) in [5, 5.41) is 3.74. The number of carbonyl (C=O) groups is 4. The Morgan fingerprint density at radius 3 is 1.28 bits per heavy atom. The van der Waals surface area contributed by atoms with Crippen molar-refractivity contribution in [2.24, 2.45) is 39.7 Å². The van der Waals surface area contributed by atoms with Crippen LogP contribution < -0.4 is 11.1 Å². The predicted octanol–water partition coefficient (Wildman–Crippen LogP) is 9.96. The van der Waals surface area contributed by atoms with Gasteiger partial charge in [0.05, 0.1) is 21.3 Å². The largest absolute Gasteiger partial charge is 0.469 e. The van der Waals surface area contributed by atoms with E-state index in [4.69, 9.17) is 19.9 Å². The van der Waals surface area contributed by atoms with E-state index in [1.165, 1.54) is 142 Å². The van der Waals surface area contributed by atoms with Crippen molar-refractivity contribution in [3.8, 4) is 0 Å². The first kappa shape index (κ1) is 46.3. The van der Waals surface area contributed by atoms with Crippen molar-refractivity contribution < 1.29 is 33.4 Å². The van der Waals surface area contributed by atoms with Crippen molar-refractivity contribution in [2.45, 2.75) is 192 Å². The zero-order valence-electron chi connectivity index (χ0n) is 36.5. The minimum Gasteiger partial charge on any atom is -0.469 e. The van der Waals surface area contributed by atoms with E-state index in [2.05, 4.69) is 35.6 Å². The van der Waals surface area contributed by atoms with Crippen LogP contribution in [0.4, 0.5) is 0 Å². The molecule has 58 heavy (non-hydrogen) atoms. The lowest BCUT2D eigenvalue weighted by atomic mass is 9.62. The Hall–Kier alpha value is -2.78. The molecule has 9 nitrogen and oxygen atoms in total. The summed E-state index contributed by atoms with van der Waals surface area (Å²) in [6.45, 7) is 0.986. The molecule has 9 heteroatoms. The number of ketones is 1. The normalized spacial score (nSPS) is 30.9. The summed E-state index contributed by atoms with van der Waals surface area (Å²) < 4.78 is 14.3. The fourth-order valence-electron chi connectivity index (χ4n) is 11.5. The van der Waals surface area contributed by atoms with Crippen LogP contribution in [0, 0.1) is 34.0 Å². The molecule has 7 rings (SSSR count). The lowest BCUT2D eigenvalue weighted by molar-refractivity contribution is -0.143. The molecule has 0 aromatic heterocycles. The van der Waals surface area contributed by atoms with Gasteiger partial charge in [-0.15, -0.1) is 0 Å². The van der Waals surface area contributed by atoms with Crippen LogP contribution in [0.5, 0.6) is 0 Å². The third kappa shape index (κ3) is 14.4. The molecule has 6 aliphatic carbocycles. The van der Waals surface area contributed by atoms with E-state index in [1.807, 2.05) is 0 Å². The summed E-state index contributed by atoms with van der Waals surface area (Å²) in [6.07, 6.45) is 30.5. The molecule has 6 fully saturated rings. The van der Waals surface area contributed by atoms with Gasteiger partial charge in [-0.1, -0.05) is 30.3 Å². The zero-order chi connectivity index (χ0) is 41.4. The Morgan fingerprint density at radius 2 is 0.897 bits per heavy atom. The Kier molecular flexibility index (Phi) is 18.1. The van der Waals surface area contributed by atoms with E-state index >= 15 is 0 Å². The first-order valence-electron chi connectivity index (χ1n) is 23.2. The molecule has 6 aliphatic rings. The Labute approximate surface area is 350 Å². The number of methoxy groups -OCH3 is 3. The highest BCUT2D eigenvalue weighted by molar-refractivity contribution is 5.79. The van der Waals surface area contributed by atoms with Crippen LogP contribution in [0.1, 0.15) is 179 Å². The molecule has 0 unspecified atom stereocenters. The fraction of sp³-hybridized carbons (Fsp3) is 0.796. The number of rotatable bonds is 9. The topological polar surface area (TPSA) is 134 Å². The molecular weight excluding hydrogens is 729 g/mol. The average Bonchev–Trinajstić information content (AvgIpc) is 3.26. The smallest absolute Gasteiger partial charge is 0.305 e. The molecular formula is C49H78N2O7. The number of carbonyl (C=O) groups excluding carboxylic acids is 4. The van der Waals surface area contributed by atoms with Crippen LogP contribution in [0.3, 0.4) is 0 Å². The standard InChI is InChI=1S/C21H31NO2.C14H25NO2.C14H22O3/c1-24-20(23)15-17-7-11-21(12-8-17)13-9-19(10-14-21)22-16-18-5-3-2-4-6-18;2*1-17-13(16)10-11-2-6-14(7-3-11)8-4-12(15)5-9-14/h2-6,17,19,22H,7-16H2,1H3;11-12H,2-10,15H2,1H3;11H,2-10H2,1H3. The second-order valence-electron chi connectivity index (χ2n) is 19.7. The monoisotopic (exact) mass is 807 g/mol. The number of hydrogen-bond acceptors (Lipinski definition) is 9. The van der Waals surface area contributed by atoms with Gasteiger partial charge in [-0.05, 0) is 181 Å². The lowest BCUT2D eigenvalue weighted by Gasteiger charge is -2.45. The maximum absolute atomic E-state index is 11.4. The number of ether oxygens (including phenoxy) is 3.